The van der Waals surface area contributed by atoms with Crippen molar-refractivity contribution in [3.05, 3.63) is 52.0 Å². The zero-order chi connectivity index (χ0) is 15.4. The van der Waals surface area contributed by atoms with Crippen LogP contribution in [0.2, 0.25) is 0 Å². The predicted molar refractivity (Wildman–Crippen MR) is 89.3 cm³/mol. The number of nitrogens with one attached hydrogen (secondary N) is 1. The van der Waals surface area contributed by atoms with Crippen molar-refractivity contribution in [3.8, 4) is 0 Å². The predicted octanol–water partition coefficient (Wildman–Crippen LogP) is 2.56. The van der Waals surface area contributed by atoms with Gasteiger partial charge in [-0.05, 0) is 25.5 Å². The number of aromatic nitrogens is 1. The second kappa shape index (κ2) is 7.03. The van der Waals surface area contributed by atoms with Gasteiger partial charge in [-0.25, -0.2) is 4.98 Å². The van der Waals surface area contributed by atoms with Crippen molar-refractivity contribution in [1.29, 1.82) is 0 Å². The maximum atomic E-state index is 12.5. The van der Waals surface area contributed by atoms with Crippen LogP contribution in [-0.2, 0) is 6.42 Å². The van der Waals surface area contributed by atoms with E-state index in [1.54, 1.807) is 11.3 Å². The molecule has 1 aromatic carbocycles. The van der Waals surface area contributed by atoms with Gasteiger partial charge < -0.3 is 10.2 Å². The second-order valence-corrected chi connectivity index (χ2v) is 6.59. The Bertz CT molecular complexity index is 618. The lowest BCUT2D eigenvalue weighted by atomic mass is 10.1. The van der Waals surface area contributed by atoms with Gasteiger partial charge in [-0.15, -0.1) is 11.3 Å². The summed E-state index contributed by atoms with van der Waals surface area (Å²) in [5.74, 6) is 0.0742. The first kappa shape index (κ1) is 15.2. The van der Waals surface area contributed by atoms with Crippen molar-refractivity contribution in [2.75, 3.05) is 20.1 Å². The van der Waals surface area contributed by atoms with E-state index in [-0.39, 0.29) is 5.91 Å². The topological polar surface area (TPSA) is 45.2 Å². The van der Waals surface area contributed by atoms with Crippen molar-refractivity contribution < 1.29 is 4.79 Å². The van der Waals surface area contributed by atoms with E-state index in [0.717, 1.165) is 37.4 Å². The number of carbonyl (C=O) groups excluding carboxylic acids is 1. The monoisotopic (exact) mass is 315 g/mol. The molecule has 0 spiro atoms. The molecule has 22 heavy (non-hydrogen) atoms. The van der Waals surface area contributed by atoms with E-state index in [2.05, 4.69) is 22.4 Å². The molecular formula is C17H21N3OS. The summed E-state index contributed by atoms with van der Waals surface area (Å²) >= 11 is 1.57. The maximum Gasteiger partial charge on any atom is 0.273 e. The minimum atomic E-state index is 0.0742. The highest BCUT2D eigenvalue weighted by molar-refractivity contribution is 7.09. The normalized spacial score (nSPS) is 16.0. The fourth-order valence-electron chi connectivity index (χ4n) is 2.79. The molecule has 1 aromatic heterocycles. The minimum Gasteiger partial charge on any atom is -0.337 e. The molecule has 0 unspecified atom stereocenters. The largest absolute Gasteiger partial charge is 0.337 e. The highest BCUT2D eigenvalue weighted by atomic mass is 32.1. The van der Waals surface area contributed by atoms with Gasteiger partial charge in [0, 0.05) is 30.9 Å². The van der Waals surface area contributed by atoms with E-state index in [9.17, 15) is 4.79 Å². The molecule has 1 aliphatic rings. The Morgan fingerprint density at radius 2 is 2.05 bits per heavy atom. The second-order valence-electron chi connectivity index (χ2n) is 5.64. The first-order valence-electron chi connectivity index (χ1n) is 7.71. The zero-order valence-electron chi connectivity index (χ0n) is 12.8. The van der Waals surface area contributed by atoms with Gasteiger partial charge in [0.05, 0.1) is 5.01 Å². The van der Waals surface area contributed by atoms with Crippen LogP contribution in [-0.4, -0.2) is 42.0 Å². The van der Waals surface area contributed by atoms with Crippen LogP contribution in [0.5, 0.6) is 0 Å². The van der Waals surface area contributed by atoms with Crippen LogP contribution in [0.15, 0.2) is 35.7 Å². The maximum absolute atomic E-state index is 12.5. The molecule has 0 aliphatic carbocycles. The number of amides is 1. The summed E-state index contributed by atoms with van der Waals surface area (Å²) in [5, 5.41) is 6.18. The summed E-state index contributed by atoms with van der Waals surface area (Å²) in [6.45, 7) is 1.63. The molecule has 1 amide bonds. The number of rotatable bonds is 4. The number of piperidine rings is 1. The van der Waals surface area contributed by atoms with Crippen molar-refractivity contribution in [2.45, 2.75) is 25.3 Å². The van der Waals surface area contributed by atoms with Crippen LogP contribution in [0, 0.1) is 0 Å². The molecule has 4 nitrogen and oxygen atoms in total. The Morgan fingerprint density at radius 1 is 1.32 bits per heavy atom. The van der Waals surface area contributed by atoms with Gasteiger partial charge in [-0.3, -0.25) is 4.79 Å². The smallest absolute Gasteiger partial charge is 0.273 e. The van der Waals surface area contributed by atoms with E-state index < -0.39 is 0 Å². The highest BCUT2D eigenvalue weighted by Gasteiger charge is 2.24. The number of nitrogens with zero attached hydrogens (tertiary/aromatic N) is 2. The molecule has 0 bridgehead atoms. The quantitative estimate of drug-likeness (QED) is 0.943. The highest BCUT2D eigenvalue weighted by Crippen LogP contribution is 2.18. The van der Waals surface area contributed by atoms with E-state index in [1.165, 1.54) is 5.56 Å². The number of hydrogen-bond acceptors (Lipinski definition) is 4. The molecule has 0 radical (unpaired) electrons. The molecule has 0 saturated carbocycles. The first-order valence-corrected chi connectivity index (χ1v) is 8.59. The third kappa shape index (κ3) is 3.54. The molecule has 0 atom stereocenters. The zero-order valence-corrected chi connectivity index (χ0v) is 13.6. The van der Waals surface area contributed by atoms with Crippen molar-refractivity contribution in [3.63, 3.8) is 0 Å². The Kier molecular flexibility index (Phi) is 4.85. The molecule has 1 fully saturated rings. The van der Waals surface area contributed by atoms with Gasteiger partial charge in [0.25, 0.3) is 5.91 Å². The standard InChI is InChI=1S/C17H21N3OS/c1-18-14-7-9-20(10-8-14)17(21)15-12-22-16(19-15)11-13-5-3-2-4-6-13/h2-6,12,14,18H,7-11H2,1H3. The number of benzene rings is 1. The molecule has 1 aliphatic heterocycles. The lowest BCUT2D eigenvalue weighted by molar-refractivity contribution is 0.0702. The molecule has 2 heterocycles. The van der Waals surface area contributed by atoms with Gasteiger partial charge in [0.15, 0.2) is 0 Å². The van der Waals surface area contributed by atoms with E-state index in [0.29, 0.717) is 11.7 Å². The summed E-state index contributed by atoms with van der Waals surface area (Å²) in [6, 6.07) is 10.8. The van der Waals surface area contributed by atoms with Crippen molar-refractivity contribution in [1.82, 2.24) is 15.2 Å². The SMILES string of the molecule is CNC1CCN(C(=O)c2csc(Cc3ccccc3)n2)CC1. The Morgan fingerprint density at radius 3 is 2.73 bits per heavy atom. The third-order valence-corrected chi connectivity index (χ3v) is 5.01. The van der Waals surface area contributed by atoms with E-state index in [4.69, 9.17) is 0 Å². The van der Waals surface area contributed by atoms with Gasteiger partial charge in [0.1, 0.15) is 5.69 Å². The molecule has 1 N–H and O–H groups in total. The molecule has 3 rings (SSSR count). The lowest BCUT2D eigenvalue weighted by Crippen LogP contribution is -2.44. The number of carbonyl (C=O) groups is 1. The Labute approximate surface area is 135 Å². The Balaban J connectivity index is 1.62. The number of hydrogen-bond donors (Lipinski definition) is 1. The van der Waals surface area contributed by atoms with Gasteiger partial charge in [-0.1, -0.05) is 30.3 Å². The molecule has 116 valence electrons. The fraction of sp³-hybridized carbons (Fsp3) is 0.412. The molecule has 1 saturated heterocycles. The van der Waals surface area contributed by atoms with Crippen LogP contribution in [0.1, 0.15) is 33.9 Å². The van der Waals surface area contributed by atoms with Gasteiger partial charge in [0.2, 0.25) is 0 Å². The summed E-state index contributed by atoms with van der Waals surface area (Å²) in [7, 11) is 1.98. The average molecular weight is 315 g/mol. The summed E-state index contributed by atoms with van der Waals surface area (Å²) < 4.78 is 0. The summed E-state index contributed by atoms with van der Waals surface area (Å²) in [4.78, 5) is 19.0. The van der Waals surface area contributed by atoms with Crippen LogP contribution in [0.25, 0.3) is 0 Å². The van der Waals surface area contributed by atoms with Crippen molar-refractivity contribution in [2.24, 2.45) is 0 Å². The van der Waals surface area contributed by atoms with Crippen LogP contribution >= 0.6 is 11.3 Å². The lowest BCUT2D eigenvalue weighted by Gasteiger charge is -2.31. The Hall–Kier alpha value is -1.72. The molecular weight excluding hydrogens is 294 g/mol. The number of thiazole rings is 1. The van der Waals surface area contributed by atoms with Gasteiger partial charge in [-0.2, -0.15) is 0 Å². The molecule has 2 aromatic rings. The summed E-state index contributed by atoms with van der Waals surface area (Å²) in [6.07, 6.45) is 2.83. The van der Waals surface area contributed by atoms with Gasteiger partial charge >= 0.3 is 0 Å². The van der Waals surface area contributed by atoms with Crippen LogP contribution in [0.4, 0.5) is 0 Å². The third-order valence-electron chi connectivity index (χ3n) is 4.16. The first-order chi connectivity index (χ1) is 10.8. The van der Waals surface area contributed by atoms with Crippen LogP contribution < -0.4 is 5.32 Å². The summed E-state index contributed by atoms with van der Waals surface area (Å²) in [5.41, 5.74) is 1.82. The van der Waals surface area contributed by atoms with Crippen molar-refractivity contribution >= 4 is 17.2 Å². The van der Waals surface area contributed by atoms with E-state index in [1.807, 2.05) is 35.5 Å². The molecule has 5 heteroatoms. The van der Waals surface area contributed by atoms with Crippen LogP contribution in [0.3, 0.4) is 0 Å². The average Bonchev–Trinajstić information content (AvgIpc) is 3.04. The fourth-order valence-corrected chi connectivity index (χ4v) is 3.60. The minimum absolute atomic E-state index is 0.0742. The van der Waals surface area contributed by atoms with E-state index >= 15 is 0 Å². The number of likely N-dealkylation sites (tertiary alicyclic amines) is 1.